The number of aryl methyl sites for hydroxylation is 1. The lowest BCUT2D eigenvalue weighted by molar-refractivity contribution is -0.140. The molecule has 1 N–H and O–H groups in total. The molecule has 2 amide bonds. The van der Waals surface area contributed by atoms with Crippen LogP contribution in [0.25, 0.3) is 0 Å². The minimum Gasteiger partial charge on any atom is -0.352 e. The first-order valence-electron chi connectivity index (χ1n) is 9.69. The van der Waals surface area contributed by atoms with E-state index in [1.165, 1.54) is 0 Å². The van der Waals surface area contributed by atoms with Gasteiger partial charge in [-0.2, -0.15) is 0 Å². The van der Waals surface area contributed by atoms with Crippen molar-refractivity contribution >= 4 is 11.8 Å². The fourth-order valence-corrected chi connectivity index (χ4v) is 2.87. The number of amides is 2. The molecule has 0 fully saturated rings. The number of benzene rings is 2. The van der Waals surface area contributed by atoms with Gasteiger partial charge in [0.1, 0.15) is 6.04 Å². The molecular weight excluding hydrogens is 336 g/mol. The Morgan fingerprint density at radius 2 is 1.48 bits per heavy atom. The van der Waals surface area contributed by atoms with Crippen molar-refractivity contribution in [3.8, 4) is 0 Å². The molecule has 0 saturated carbocycles. The molecule has 0 spiro atoms. The second-order valence-electron chi connectivity index (χ2n) is 6.99. The van der Waals surface area contributed by atoms with Gasteiger partial charge in [0.05, 0.1) is 0 Å². The number of rotatable bonds is 9. The number of hydrogen-bond acceptors (Lipinski definition) is 2. The van der Waals surface area contributed by atoms with Gasteiger partial charge < -0.3 is 10.2 Å². The van der Waals surface area contributed by atoms with Crippen LogP contribution in [0.2, 0.25) is 0 Å². The van der Waals surface area contributed by atoms with Gasteiger partial charge in [0.15, 0.2) is 0 Å². The first-order valence-corrected chi connectivity index (χ1v) is 9.69. The van der Waals surface area contributed by atoms with E-state index in [9.17, 15) is 9.59 Å². The van der Waals surface area contributed by atoms with E-state index in [-0.39, 0.29) is 17.9 Å². The van der Waals surface area contributed by atoms with Crippen molar-refractivity contribution in [2.24, 2.45) is 0 Å². The summed E-state index contributed by atoms with van der Waals surface area (Å²) < 4.78 is 0. The van der Waals surface area contributed by atoms with Crippen LogP contribution in [0.15, 0.2) is 60.7 Å². The van der Waals surface area contributed by atoms with Gasteiger partial charge >= 0.3 is 0 Å². The standard InChI is InChI=1S/C23H30N2O2/c1-4-18(2)24-23(27)19(3)25(17-21-13-9-6-10-14-21)22(26)16-15-20-11-7-5-8-12-20/h5-14,18-19H,4,15-17H2,1-3H3,(H,24,27)/t18-,19+/m0/s1. The number of hydrogen-bond donors (Lipinski definition) is 1. The molecule has 2 aromatic carbocycles. The Kier molecular flexibility index (Phi) is 8.05. The highest BCUT2D eigenvalue weighted by Crippen LogP contribution is 2.13. The molecule has 0 radical (unpaired) electrons. The van der Waals surface area contributed by atoms with Gasteiger partial charge in [0.2, 0.25) is 11.8 Å². The highest BCUT2D eigenvalue weighted by molar-refractivity contribution is 5.87. The van der Waals surface area contributed by atoms with Gasteiger partial charge in [-0.3, -0.25) is 9.59 Å². The third kappa shape index (κ3) is 6.55. The Morgan fingerprint density at radius 1 is 0.926 bits per heavy atom. The van der Waals surface area contributed by atoms with Gasteiger partial charge in [-0.05, 0) is 37.8 Å². The zero-order valence-corrected chi connectivity index (χ0v) is 16.5. The normalized spacial score (nSPS) is 12.9. The van der Waals surface area contributed by atoms with Crippen LogP contribution in [-0.2, 0) is 22.6 Å². The van der Waals surface area contributed by atoms with Crippen LogP contribution >= 0.6 is 0 Å². The van der Waals surface area contributed by atoms with E-state index in [4.69, 9.17) is 0 Å². The van der Waals surface area contributed by atoms with Crippen molar-refractivity contribution in [2.75, 3.05) is 0 Å². The molecule has 0 bridgehead atoms. The van der Waals surface area contributed by atoms with Gasteiger partial charge in [0.25, 0.3) is 0 Å². The molecule has 144 valence electrons. The molecule has 4 nitrogen and oxygen atoms in total. The SMILES string of the molecule is CC[C@H](C)NC(=O)[C@@H](C)N(Cc1ccccc1)C(=O)CCc1ccccc1. The fraction of sp³-hybridized carbons (Fsp3) is 0.391. The molecule has 0 aromatic heterocycles. The summed E-state index contributed by atoms with van der Waals surface area (Å²) >= 11 is 0. The number of carbonyl (C=O) groups excluding carboxylic acids is 2. The summed E-state index contributed by atoms with van der Waals surface area (Å²) in [5.41, 5.74) is 2.15. The first-order chi connectivity index (χ1) is 13.0. The average molecular weight is 367 g/mol. The topological polar surface area (TPSA) is 49.4 Å². The number of carbonyl (C=O) groups is 2. The smallest absolute Gasteiger partial charge is 0.242 e. The highest BCUT2D eigenvalue weighted by Gasteiger charge is 2.26. The van der Waals surface area contributed by atoms with Crippen LogP contribution in [0.1, 0.15) is 44.7 Å². The highest BCUT2D eigenvalue weighted by atomic mass is 16.2. The minimum atomic E-state index is -0.512. The fourth-order valence-electron chi connectivity index (χ4n) is 2.87. The zero-order chi connectivity index (χ0) is 19.6. The molecule has 0 heterocycles. The summed E-state index contributed by atoms with van der Waals surface area (Å²) in [6.45, 7) is 6.25. The minimum absolute atomic E-state index is 0.00509. The van der Waals surface area contributed by atoms with E-state index < -0.39 is 6.04 Å². The van der Waals surface area contributed by atoms with Crippen LogP contribution in [0.4, 0.5) is 0 Å². The van der Waals surface area contributed by atoms with Crippen LogP contribution in [0.5, 0.6) is 0 Å². The van der Waals surface area contributed by atoms with Crippen LogP contribution in [0, 0.1) is 0 Å². The first kappa shape index (κ1) is 20.7. The maximum atomic E-state index is 13.0. The predicted octanol–water partition coefficient (Wildman–Crippen LogP) is 3.95. The summed E-state index contributed by atoms with van der Waals surface area (Å²) in [4.78, 5) is 27.3. The third-order valence-corrected chi connectivity index (χ3v) is 4.83. The number of nitrogens with zero attached hydrogens (tertiary/aromatic N) is 1. The quantitative estimate of drug-likeness (QED) is 0.730. The molecular formula is C23H30N2O2. The lowest BCUT2D eigenvalue weighted by Gasteiger charge is -2.29. The lowest BCUT2D eigenvalue weighted by Crippen LogP contribution is -2.49. The van der Waals surface area contributed by atoms with E-state index >= 15 is 0 Å². The molecule has 0 unspecified atom stereocenters. The molecule has 2 rings (SSSR count). The van der Waals surface area contributed by atoms with Crippen LogP contribution < -0.4 is 5.32 Å². The molecule has 27 heavy (non-hydrogen) atoms. The Balaban J connectivity index is 2.10. The molecule has 0 saturated heterocycles. The summed E-state index contributed by atoms with van der Waals surface area (Å²) in [5, 5.41) is 2.99. The second kappa shape index (κ2) is 10.5. The Morgan fingerprint density at radius 3 is 2.04 bits per heavy atom. The Bertz CT molecular complexity index is 716. The maximum Gasteiger partial charge on any atom is 0.242 e. The van der Waals surface area contributed by atoms with Crippen molar-refractivity contribution < 1.29 is 9.59 Å². The van der Waals surface area contributed by atoms with Crippen molar-refractivity contribution in [1.82, 2.24) is 10.2 Å². The lowest BCUT2D eigenvalue weighted by atomic mass is 10.1. The molecule has 0 aliphatic rings. The van der Waals surface area contributed by atoms with E-state index in [1.807, 2.05) is 74.5 Å². The zero-order valence-electron chi connectivity index (χ0n) is 16.5. The van der Waals surface area contributed by atoms with E-state index in [0.29, 0.717) is 19.4 Å². The summed E-state index contributed by atoms with van der Waals surface area (Å²) in [6, 6.07) is 19.4. The van der Waals surface area contributed by atoms with Crippen molar-refractivity contribution in [1.29, 1.82) is 0 Å². The van der Waals surface area contributed by atoms with Crippen LogP contribution in [-0.4, -0.2) is 28.8 Å². The van der Waals surface area contributed by atoms with Gasteiger partial charge in [-0.15, -0.1) is 0 Å². The largest absolute Gasteiger partial charge is 0.352 e. The monoisotopic (exact) mass is 366 g/mol. The molecule has 2 aromatic rings. The molecule has 4 heteroatoms. The van der Waals surface area contributed by atoms with E-state index in [1.54, 1.807) is 11.8 Å². The van der Waals surface area contributed by atoms with Gasteiger partial charge in [-0.25, -0.2) is 0 Å². The molecule has 0 aliphatic heterocycles. The summed E-state index contributed by atoms with van der Waals surface area (Å²) in [5.74, 6) is -0.108. The van der Waals surface area contributed by atoms with E-state index in [0.717, 1.165) is 17.5 Å². The average Bonchev–Trinajstić information content (AvgIpc) is 2.71. The van der Waals surface area contributed by atoms with Crippen molar-refractivity contribution in [2.45, 2.75) is 58.7 Å². The van der Waals surface area contributed by atoms with E-state index in [2.05, 4.69) is 5.32 Å². The summed E-state index contributed by atoms with van der Waals surface area (Å²) in [7, 11) is 0. The maximum absolute atomic E-state index is 13.0. The summed E-state index contributed by atoms with van der Waals surface area (Å²) in [6.07, 6.45) is 1.92. The molecule has 2 atom stereocenters. The number of nitrogens with one attached hydrogen (secondary N) is 1. The third-order valence-electron chi connectivity index (χ3n) is 4.83. The van der Waals surface area contributed by atoms with Crippen LogP contribution in [0.3, 0.4) is 0 Å². The Labute approximate surface area is 162 Å². The van der Waals surface area contributed by atoms with Crippen molar-refractivity contribution in [3.05, 3.63) is 71.8 Å². The Hall–Kier alpha value is -2.62. The van der Waals surface area contributed by atoms with Crippen molar-refractivity contribution in [3.63, 3.8) is 0 Å². The second-order valence-corrected chi connectivity index (χ2v) is 6.99. The van der Waals surface area contributed by atoms with Gasteiger partial charge in [0, 0.05) is 19.0 Å². The molecule has 0 aliphatic carbocycles. The predicted molar refractivity (Wildman–Crippen MR) is 109 cm³/mol. The van der Waals surface area contributed by atoms with Gasteiger partial charge in [-0.1, -0.05) is 67.6 Å².